The van der Waals surface area contributed by atoms with E-state index in [0.717, 1.165) is 0 Å². The fourth-order valence-corrected chi connectivity index (χ4v) is 4.17. The van der Waals surface area contributed by atoms with Gasteiger partial charge in [0.25, 0.3) is 10.0 Å². The fourth-order valence-electron chi connectivity index (χ4n) is 2.45. The lowest BCUT2D eigenvalue weighted by Gasteiger charge is -2.30. The van der Waals surface area contributed by atoms with Gasteiger partial charge in [-0.2, -0.15) is 4.31 Å². The van der Waals surface area contributed by atoms with Crippen molar-refractivity contribution in [1.29, 1.82) is 0 Å². The number of hydrogen-bond acceptors (Lipinski definition) is 5. The Morgan fingerprint density at radius 1 is 1.55 bits per heavy atom. The molecule has 1 saturated heterocycles. The Labute approximate surface area is 118 Å². The number of sulfonamides is 1. The number of nitrogens with two attached hydrogens (primary N) is 1. The second-order valence-electron chi connectivity index (χ2n) is 4.86. The van der Waals surface area contributed by atoms with Gasteiger partial charge in [-0.3, -0.25) is 4.79 Å². The highest BCUT2D eigenvalue weighted by Gasteiger charge is 2.35. The first-order chi connectivity index (χ1) is 9.37. The zero-order valence-corrected chi connectivity index (χ0v) is 12.4. The van der Waals surface area contributed by atoms with E-state index >= 15 is 0 Å². The van der Waals surface area contributed by atoms with Gasteiger partial charge >= 0.3 is 0 Å². The van der Waals surface area contributed by atoms with Gasteiger partial charge < -0.3 is 15.6 Å². The molecule has 112 valence electrons. The van der Waals surface area contributed by atoms with Crippen molar-refractivity contribution in [2.24, 2.45) is 13.0 Å². The smallest absolute Gasteiger partial charge is 0.262 e. The van der Waals surface area contributed by atoms with Gasteiger partial charge in [-0.15, -0.1) is 0 Å². The third-order valence-corrected chi connectivity index (χ3v) is 5.49. The van der Waals surface area contributed by atoms with Crippen LogP contribution in [0.2, 0.25) is 0 Å². The quantitative estimate of drug-likeness (QED) is 0.755. The van der Waals surface area contributed by atoms with Crippen LogP contribution in [0.1, 0.15) is 12.8 Å². The van der Waals surface area contributed by atoms with Gasteiger partial charge in [0.15, 0.2) is 10.8 Å². The maximum Gasteiger partial charge on any atom is 0.262 e. The van der Waals surface area contributed by atoms with Crippen LogP contribution in [-0.4, -0.2) is 48.3 Å². The van der Waals surface area contributed by atoms with Gasteiger partial charge in [0.05, 0.1) is 12.2 Å². The number of rotatable bonds is 3. The number of nitrogens with one attached hydrogen (secondary N) is 1. The number of anilines is 1. The molecule has 1 amide bonds. The topological polar surface area (TPSA) is 110 Å². The van der Waals surface area contributed by atoms with Crippen molar-refractivity contribution in [3.63, 3.8) is 0 Å². The Bertz CT molecular complexity index is 590. The molecule has 1 unspecified atom stereocenters. The lowest BCUT2D eigenvalue weighted by Crippen LogP contribution is -2.45. The largest absolute Gasteiger partial charge is 0.381 e. The molecule has 1 aliphatic rings. The van der Waals surface area contributed by atoms with Gasteiger partial charge in [-0.1, -0.05) is 0 Å². The molecule has 20 heavy (non-hydrogen) atoms. The zero-order valence-electron chi connectivity index (χ0n) is 11.5. The molecule has 0 spiro atoms. The lowest BCUT2D eigenvalue weighted by molar-refractivity contribution is -0.125. The third kappa shape index (κ3) is 2.50. The highest BCUT2D eigenvalue weighted by Crippen LogP contribution is 2.26. The maximum atomic E-state index is 12.6. The maximum absolute atomic E-state index is 12.6. The number of nitrogens with zero attached hydrogens (tertiary/aromatic N) is 3. The van der Waals surface area contributed by atoms with Crippen molar-refractivity contribution in [3.8, 4) is 0 Å². The molecule has 1 aromatic rings. The molecule has 1 aliphatic heterocycles. The van der Waals surface area contributed by atoms with Crippen molar-refractivity contribution in [3.05, 3.63) is 6.33 Å². The van der Waals surface area contributed by atoms with Gasteiger partial charge in [-0.25, -0.2) is 13.4 Å². The normalized spacial score (nSPS) is 20.8. The molecule has 0 radical (unpaired) electrons. The van der Waals surface area contributed by atoms with E-state index in [-0.39, 0.29) is 29.2 Å². The van der Waals surface area contributed by atoms with Gasteiger partial charge in [0.1, 0.15) is 0 Å². The predicted octanol–water partition coefficient (Wildman–Crippen LogP) is -0.851. The minimum atomic E-state index is -3.73. The molecule has 1 aromatic heterocycles. The van der Waals surface area contributed by atoms with E-state index < -0.39 is 10.0 Å². The summed E-state index contributed by atoms with van der Waals surface area (Å²) in [7, 11) is -0.596. The monoisotopic (exact) mass is 301 g/mol. The summed E-state index contributed by atoms with van der Waals surface area (Å²) in [5, 5.41) is 2.54. The molecule has 8 nitrogen and oxygen atoms in total. The van der Waals surface area contributed by atoms with E-state index in [4.69, 9.17) is 5.73 Å². The molecular formula is C11H19N5O3S. The SMILES string of the molecule is CNC(=O)C1CCCN(S(=O)(=O)c2c(N)ncn2C)C1. The minimum absolute atomic E-state index is 0.0185. The van der Waals surface area contributed by atoms with Crippen molar-refractivity contribution < 1.29 is 13.2 Å². The Hall–Kier alpha value is -1.61. The predicted molar refractivity (Wildman–Crippen MR) is 73.2 cm³/mol. The summed E-state index contributed by atoms with van der Waals surface area (Å²) in [5.74, 6) is -0.476. The first-order valence-corrected chi connectivity index (χ1v) is 7.80. The Morgan fingerprint density at radius 3 is 2.80 bits per heavy atom. The molecule has 0 aliphatic carbocycles. The highest BCUT2D eigenvalue weighted by atomic mass is 32.2. The molecule has 9 heteroatoms. The highest BCUT2D eigenvalue weighted by molar-refractivity contribution is 7.89. The molecule has 0 saturated carbocycles. The molecule has 2 heterocycles. The van der Waals surface area contributed by atoms with Gasteiger partial charge in [0.2, 0.25) is 5.91 Å². The standard InChI is InChI=1S/C11H19N5O3S/c1-13-10(17)8-4-3-5-16(6-8)20(18,19)11-9(12)14-7-15(11)2/h7-8H,3-6,12H2,1-2H3,(H,13,17). The minimum Gasteiger partial charge on any atom is -0.381 e. The average molecular weight is 301 g/mol. The number of carbonyl (C=O) groups is 1. The molecule has 1 atom stereocenters. The molecular weight excluding hydrogens is 282 g/mol. The number of imidazole rings is 1. The zero-order chi connectivity index (χ0) is 14.9. The summed E-state index contributed by atoms with van der Waals surface area (Å²) in [4.78, 5) is 15.5. The Morgan fingerprint density at radius 2 is 2.25 bits per heavy atom. The van der Waals surface area contributed by atoms with E-state index in [0.29, 0.717) is 19.4 Å². The van der Waals surface area contributed by atoms with Crippen LogP contribution in [0, 0.1) is 5.92 Å². The molecule has 1 fully saturated rings. The average Bonchev–Trinajstić information content (AvgIpc) is 2.78. The van der Waals surface area contributed by atoms with Gasteiger partial charge in [-0.05, 0) is 12.8 Å². The first kappa shape index (κ1) is 14.8. The number of hydrogen-bond donors (Lipinski definition) is 2. The van der Waals surface area contributed by atoms with E-state index in [1.165, 1.54) is 15.2 Å². The molecule has 0 aromatic carbocycles. The van der Waals surface area contributed by atoms with Crippen molar-refractivity contribution in [2.45, 2.75) is 17.9 Å². The van der Waals surface area contributed by atoms with Crippen LogP contribution in [0.4, 0.5) is 5.82 Å². The number of carbonyl (C=O) groups excluding carboxylic acids is 1. The first-order valence-electron chi connectivity index (χ1n) is 6.36. The van der Waals surface area contributed by atoms with Crippen LogP contribution in [0.5, 0.6) is 0 Å². The van der Waals surface area contributed by atoms with E-state index in [1.54, 1.807) is 14.1 Å². The lowest BCUT2D eigenvalue weighted by atomic mass is 9.99. The van der Waals surface area contributed by atoms with E-state index in [2.05, 4.69) is 10.3 Å². The van der Waals surface area contributed by atoms with Gasteiger partial charge in [0, 0.05) is 27.2 Å². The van der Waals surface area contributed by atoms with E-state index in [1.807, 2.05) is 0 Å². The van der Waals surface area contributed by atoms with Crippen LogP contribution < -0.4 is 11.1 Å². The molecule has 2 rings (SSSR count). The second kappa shape index (κ2) is 5.41. The fraction of sp³-hybridized carbons (Fsp3) is 0.636. The summed E-state index contributed by atoms with van der Waals surface area (Å²) in [6.45, 7) is 0.563. The van der Waals surface area contributed by atoms with E-state index in [9.17, 15) is 13.2 Å². The number of aryl methyl sites for hydroxylation is 1. The molecule has 0 bridgehead atoms. The second-order valence-corrected chi connectivity index (χ2v) is 6.72. The molecule has 3 N–H and O–H groups in total. The van der Waals surface area contributed by atoms with Crippen molar-refractivity contribution in [2.75, 3.05) is 25.9 Å². The number of nitrogen functional groups attached to an aromatic ring is 1. The van der Waals surface area contributed by atoms with Crippen molar-refractivity contribution in [1.82, 2.24) is 19.2 Å². The number of aromatic nitrogens is 2. The summed E-state index contributed by atoms with van der Waals surface area (Å²) >= 11 is 0. The summed E-state index contributed by atoms with van der Waals surface area (Å²) in [6, 6.07) is 0. The van der Waals surface area contributed by atoms with Crippen LogP contribution in [-0.2, 0) is 21.9 Å². The Kier molecular flexibility index (Phi) is 4.00. The van der Waals surface area contributed by atoms with Crippen LogP contribution in [0.3, 0.4) is 0 Å². The van der Waals surface area contributed by atoms with Crippen molar-refractivity contribution >= 4 is 21.7 Å². The third-order valence-electron chi connectivity index (χ3n) is 3.50. The number of piperidine rings is 1. The van der Waals surface area contributed by atoms with Crippen LogP contribution in [0.25, 0.3) is 0 Å². The van der Waals surface area contributed by atoms with Crippen LogP contribution in [0.15, 0.2) is 11.4 Å². The summed E-state index contributed by atoms with van der Waals surface area (Å²) in [5.41, 5.74) is 5.64. The summed E-state index contributed by atoms with van der Waals surface area (Å²) < 4.78 is 27.9. The van der Waals surface area contributed by atoms with Crippen LogP contribution >= 0.6 is 0 Å². The number of amides is 1. The Balaban J connectivity index is 2.28. The summed E-state index contributed by atoms with van der Waals surface area (Å²) in [6.07, 6.45) is 2.70.